The third-order valence-corrected chi connectivity index (χ3v) is 2.55. The first-order valence-corrected chi connectivity index (χ1v) is 5.05. The van der Waals surface area contributed by atoms with Crippen LogP contribution >= 0.6 is 0 Å². The fourth-order valence-electron chi connectivity index (χ4n) is 1.52. The van der Waals surface area contributed by atoms with Gasteiger partial charge >= 0.3 is 0 Å². The number of hydrogen-bond acceptors (Lipinski definition) is 1. The van der Waals surface area contributed by atoms with Crippen LogP contribution in [0.1, 0.15) is 30.0 Å². The number of rotatable bonds is 3. The number of aliphatic hydroxyl groups is 1. The first kappa shape index (κ1) is 11.0. The van der Waals surface area contributed by atoms with Gasteiger partial charge in [-0.25, -0.2) is 0 Å². The van der Waals surface area contributed by atoms with Crippen molar-refractivity contribution in [2.24, 2.45) is 0 Å². The van der Waals surface area contributed by atoms with E-state index in [0.29, 0.717) is 0 Å². The quantitative estimate of drug-likeness (QED) is 0.776. The summed E-state index contributed by atoms with van der Waals surface area (Å²) in [6.45, 7) is 6.42. The lowest BCUT2D eigenvalue weighted by molar-refractivity contribution is 0.329. The topological polar surface area (TPSA) is 20.2 Å². The number of hydrogen-bond donors (Lipinski definition) is 1. The Labute approximate surface area is 86.1 Å². The summed E-state index contributed by atoms with van der Waals surface area (Å²) in [6, 6.07) is 6.26. The third kappa shape index (κ3) is 2.46. The largest absolute Gasteiger partial charge is 0.392 e. The molecule has 1 N–H and O–H groups in total. The van der Waals surface area contributed by atoms with Gasteiger partial charge in [0.2, 0.25) is 0 Å². The maximum Gasteiger partial charge on any atom is 0.0644 e. The molecule has 1 aromatic rings. The van der Waals surface area contributed by atoms with E-state index >= 15 is 0 Å². The molecule has 0 radical (unpaired) electrons. The second kappa shape index (κ2) is 4.97. The van der Waals surface area contributed by atoms with Crippen molar-refractivity contribution in [3.05, 3.63) is 40.5 Å². The lowest BCUT2D eigenvalue weighted by Gasteiger charge is -2.07. The van der Waals surface area contributed by atoms with Gasteiger partial charge in [-0.15, -0.1) is 0 Å². The van der Waals surface area contributed by atoms with E-state index in [1.54, 1.807) is 0 Å². The highest BCUT2D eigenvalue weighted by molar-refractivity contribution is 5.60. The Bertz CT molecular complexity index is 311. The Kier molecular flexibility index (Phi) is 3.90. The molecule has 0 aliphatic carbocycles. The molecule has 0 atom stereocenters. The van der Waals surface area contributed by atoms with Gasteiger partial charge in [0.05, 0.1) is 6.61 Å². The Balaban J connectivity index is 3.12. The SMILES string of the molecule is CC/C(=C/c1c(C)cccc1C)CO. The Morgan fingerprint density at radius 1 is 1.29 bits per heavy atom. The van der Waals surface area contributed by atoms with Crippen molar-refractivity contribution in [1.82, 2.24) is 0 Å². The van der Waals surface area contributed by atoms with Crippen LogP contribution in [0.2, 0.25) is 0 Å². The van der Waals surface area contributed by atoms with Gasteiger partial charge in [-0.3, -0.25) is 0 Å². The minimum Gasteiger partial charge on any atom is -0.392 e. The second-order valence-electron chi connectivity index (χ2n) is 3.62. The summed E-state index contributed by atoms with van der Waals surface area (Å²) in [6.07, 6.45) is 3.01. The monoisotopic (exact) mass is 190 g/mol. The van der Waals surface area contributed by atoms with E-state index < -0.39 is 0 Å². The van der Waals surface area contributed by atoms with Crippen molar-refractivity contribution < 1.29 is 5.11 Å². The lowest BCUT2D eigenvalue weighted by atomic mass is 10.00. The van der Waals surface area contributed by atoms with Crippen LogP contribution in [-0.4, -0.2) is 11.7 Å². The number of benzene rings is 1. The minimum absolute atomic E-state index is 0.157. The van der Waals surface area contributed by atoms with Gasteiger partial charge < -0.3 is 5.11 Å². The predicted molar refractivity (Wildman–Crippen MR) is 61.3 cm³/mol. The molecule has 76 valence electrons. The molecule has 0 bridgehead atoms. The molecule has 1 rings (SSSR count). The summed E-state index contributed by atoms with van der Waals surface area (Å²) in [4.78, 5) is 0. The second-order valence-corrected chi connectivity index (χ2v) is 3.62. The van der Waals surface area contributed by atoms with E-state index in [1.165, 1.54) is 16.7 Å². The summed E-state index contributed by atoms with van der Waals surface area (Å²) in [5, 5.41) is 9.10. The van der Waals surface area contributed by atoms with Gasteiger partial charge in [0.1, 0.15) is 0 Å². The number of aryl methyl sites for hydroxylation is 2. The summed E-state index contributed by atoms with van der Waals surface area (Å²) >= 11 is 0. The standard InChI is InChI=1S/C13H18O/c1-4-12(9-14)8-13-10(2)6-5-7-11(13)3/h5-8,14H,4,9H2,1-3H3/b12-8-. The van der Waals surface area contributed by atoms with Crippen molar-refractivity contribution >= 4 is 6.08 Å². The zero-order chi connectivity index (χ0) is 10.6. The molecule has 0 heterocycles. The fourth-order valence-corrected chi connectivity index (χ4v) is 1.52. The summed E-state index contributed by atoms with van der Waals surface area (Å²) < 4.78 is 0. The molecular weight excluding hydrogens is 172 g/mol. The van der Waals surface area contributed by atoms with Crippen LogP contribution < -0.4 is 0 Å². The molecule has 0 aliphatic rings. The highest BCUT2D eigenvalue weighted by Crippen LogP contribution is 2.17. The van der Waals surface area contributed by atoms with Crippen LogP contribution in [-0.2, 0) is 0 Å². The zero-order valence-corrected chi connectivity index (χ0v) is 9.17. The van der Waals surface area contributed by atoms with Crippen LogP contribution in [0.25, 0.3) is 6.08 Å². The molecule has 0 aromatic heterocycles. The fraction of sp³-hybridized carbons (Fsp3) is 0.385. The van der Waals surface area contributed by atoms with Crippen molar-refractivity contribution in [3.8, 4) is 0 Å². The van der Waals surface area contributed by atoms with E-state index in [0.717, 1.165) is 12.0 Å². The van der Waals surface area contributed by atoms with Gasteiger partial charge in [0, 0.05) is 0 Å². The van der Waals surface area contributed by atoms with Crippen molar-refractivity contribution in [1.29, 1.82) is 0 Å². The third-order valence-electron chi connectivity index (χ3n) is 2.55. The molecule has 0 amide bonds. The maximum absolute atomic E-state index is 9.10. The average molecular weight is 190 g/mol. The zero-order valence-electron chi connectivity index (χ0n) is 9.17. The molecule has 1 aromatic carbocycles. The first-order chi connectivity index (χ1) is 6.69. The smallest absolute Gasteiger partial charge is 0.0644 e. The van der Waals surface area contributed by atoms with Crippen LogP contribution in [0.4, 0.5) is 0 Å². The minimum atomic E-state index is 0.157. The van der Waals surface area contributed by atoms with E-state index in [2.05, 4.69) is 45.0 Å². The molecule has 0 fully saturated rings. The van der Waals surface area contributed by atoms with E-state index in [-0.39, 0.29) is 6.61 Å². The van der Waals surface area contributed by atoms with Gasteiger partial charge in [-0.05, 0) is 42.5 Å². The molecule has 14 heavy (non-hydrogen) atoms. The molecule has 1 nitrogen and oxygen atoms in total. The maximum atomic E-state index is 9.10. The van der Waals surface area contributed by atoms with E-state index in [9.17, 15) is 0 Å². The Hall–Kier alpha value is -1.08. The van der Waals surface area contributed by atoms with E-state index in [1.807, 2.05) is 0 Å². The van der Waals surface area contributed by atoms with Crippen LogP contribution in [0, 0.1) is 13.8 Å². The van der Waals surface area contributed by atoms with Gasteiger partial charge in [0.25, 0.3) is 0 Å². The van der Waals surface area contributed by atoms with Crippen molar-refractivity contribution in [2.75, 3.05) is 6.61 Å². The Morgan fingerprint density at radius 2 is 1.86 bits per heavy atom. The first-order valence-electron chi connectivity index (χ1n) is 5.05. The molecule has 0 aliphatic heterocycles. The molecular formula is C13H18O. The van der Waals surface area contributed by atoms with Crippen molar-refractivity contribution in [2.45, 2.75) is 27.2 Å². The average Bonchev–Trinajstić information content (AvgIpc) is 2.18. The van der Waals surface area contributed by atoms with Gasteiger partial charge in [0.15, 0.2) is 0 Å². The van der Waals surface area contributed by atoms with Crippen molar-refractivity contribution in [3.63, 3.8) is 0 Å². The van der Waals surface area contributed by atoms with Gasteiger partial charge in [-0.2, -0.15) is 0 Å². The van der Waals surface area contributed by atoms with Gasteiger partial charge in [-0.1, -0.05) is 31.2 Å². The number of aliphatic hydroxyl groups excluding tert-OH is 1. The highest BCUT2D eigenvalue weighted by atomic mass is 16.3. The van der Waals surface area contributed by atoms with Crippen LogP contribution in [0.15, 0.2) is 23.8 Å². The molecule has 0 unspecified atom stereocenters. The van der Waals surface area contributed by atoms with E-state index in [4.69, 9.17) is 5.11 Å². The predicted octanol–water partition coefficient (Wildman–Crippen LogP) is 3.09. The lowest BCUT2D eigenvalue weighted by Crippen LogP contribution is -1.91. The molecule has 1 heteroatoms. The molecule has 0 saturated heterocycles. The van der Waals surface area contributed by atoms with Crippen LogP contribution in [0.5, 0.6) is 0 Å². The normalized spacial score (nSPS) is 11.9. The van der Waals surface area contributed by atoms with Crippen LogP contribution in [0.3, 0.4) is 0 Å². The Morgan fingerprint density at radius 3 is 2.29 bits per heavy atom. The summed E-state index contributed by atoms with van der Waals surface area (Å²) in [5.74, 6) is 0. The highest BCUT2D eigenvalue weighted by Gasteiger charge is 2.00. The summed E-state index contributed by atoms with van der Waals surface area (Å²) in [7, 11) is 0. The molecule has 0 saturated carbocycles. The summed E-state index contributed by atoms with van der Waals surface area (Å²) in [5.41, 5.74) is 4.87. The molecule has 0 spiro atoms.